The summed E-state index contributed by atoms with van der Waals surface area (Å²) in [4.78, 5) is 11.7. The van der Waals surface area contributed by atoms with Gasteiger partial charge in [0.1, 0.15) is 0 Å². The average Bonchev–Trinajstić information content (AvgIpc) is 2.73. The third-order valence-corrected chi connectivity index (χ3v) is 3.65. The SMILES string of the molecule is Cn1c(-c2cccc(Cl)c2)c(C(=O)O)c2ccccc21. The van der Waals surface area contributed by atoms with Crippen LogP contribution in [0.2, 0.25) is 5.02 Å². The molecule has 100 valence electrons. The van der Waals surface area contributed by atoms with Gasteiger partial charge >= 0.3 is 5.97 Å². The molecule has 1 N–H and O–H groups in total. The van der Waals surface area contributed by atoms with Crippen LogP contribution in [-0.4, -0.2) is 15.6 Å². The molecule has 0 radical (unpaired) electrons. The van der Waals surface area contributed by atoms with Gasteiger partial charge in [0, 0.05) is 28.5 Å². The summed E-state index contributed by atoms with van der Waals surface area (Å²) in [6.07, 6.45) is 0. The maximum Gasteiger partial charge on any atom is 0.338 e. The van der Waals surface area contributed by atoms with Crippen molar-refractivity contribution in [1.82, 2.24) is 4.57 Å². The highest BCUT2D eigenvalue weighted by Gasteiger charge is 2.21. The summed E-state index contributed by atoms with van der Waals surface area (Å²) >= 11 is 6.02. The van der Waals surface area contributed by atoms with Gasteiger partial charge in [0.05, 0.1) is 11.3 Å². The predicted molar refractivity (Wildman–Crippen MR) is 80.3 cm³/mol. The van der Waals surface area contributed by atoms with E-state index in [1.54, 1.807) is 12.1 Å². The Bertz CT molecular complexity index is 820. The second-order valence-electron chi connectivity index (χ2n) is 4.62. The van der Waals surface area contributed by atoms with E-state index in [1.165, 1.54) is 0 Å². The minimum atomic E-state index is -0.934. The van der Waals surface area contributed by atoms with Crippen LogP contribution in [0.3, 0.4) is 0 Å². The van der Waals surface area contributed by atoms with E-state index < -0.39 is 5.97 Å². The van der Waals surface area contributed by atoms with Gasteiger partial charge in [-0.1, -0.05) is 41.9 Å². The van der Waals surface area contributed by atoms with Crippen LogP contribution in [0.1, 0.15) is 10.4 Å². The Balaban J connectivity index is 2.43. The molecule has 3 aromatic rings. The van der Waals surface area contributed by atoms with Gasteiger partial charge in [-0.15, -0.1) is 0 Å². The van der Waals surface area contributed by atoms with Crippen molar-refractivity contribution >= 4 is 28.5 Å². The fourth-order valence-corrected chi connectivity index (χ4v) is 2.77. The Morgan fingerprint density at radius 1 is 1.15 bits per heavy atom. The molecule has 1 aromatic heterocycles. The van der Waals surface area contributed by atoms with E-state index >= 15 is 0 Å². The Morgan fingerprint density at radius 2 is 1.90 bits per heavy atom. The fraction of sp³-hybridized carbons (Fsp3) is 0.0625. The van der Waals surface area contributed by atoms with E-state index in [4.69, 9.17) is 11.6 Å². The van der Waals surface area contributed by atoms with Gasteiger partial charge in [-0.2, -0.15) is 0 Å². The fourth-order valence-electron chi connectivity index (χ4n) is 2.58. The highest BCUT2D eigenvalue weighted by Crippen LogP contribution is 2.33. The lowest BCUT2D eigenvalue weighted by molar-refractivity contribution is 0.0699. The summed E-state index contributed by atoms with van der Waals surface area (Å²) in [5.41, 5.74) is 2.67. The zero-order chi connectivity index (χ0) is 14.3. The summed E-state index contributed by atoms with van der Waals surface area (Å²) in [6.45, 7) is 0. The van der Waals surface area contributed by atoms with E-state index in [1.807, 2.05) is 48.0 Å². The molecule has 0 aliphatic heterocycles. The van der Waals surface area contributed by atoms with Crippen molar-refractivity contribution in [1.29, 1.82) is 0 Å². The molecule has 0 saturated carbocycles. The third kappa shape index (κ3) is 1.87. The first-order valence-electron chi connectivity index (χ1n) is 6.16. The topological polar surface area (TPSA) is 42.2 Å². The standard InChI is InChI=1S/C16H12ClNO2/c1-18-13-8-3-2-7-12(13)14(16(19)20)15(18)10-5-4-6-11(17)9-10/h2-9H,1H3,(H,19,20). The first kappa shape index (κ1) is 12.8. The molecule has 0 saturated heterocycles. The maximum atomic E-state index is 11.7. The number of fused-ring (bicyclic) bond motifs is 1. The first-order valence-corrected chi connectivity index (χ1v) is 6.54. The van der Waals surface area contributed by atoms with Gasteiger partial charge in [0.25, 0.3) is 0 Å². The molecular weight excluding hydrogens is 274 g/mol. The Labute approximate surface area is 121 Å². The number of rotatable bonds is 2. The predicted octanol–water partition coefficient (Wildman–Crippen LogP) is 4.20. The van der Waals surface area contributed by atoms with E-state index in [2.05, 4.69) is 0 Å². The lowest BCUT2D eigenvalue weighted by Gasteiger charge is -2.06. The number of benzene rings is 2. The molecule has 0 spiro atoms. The lowest BCUT2D eigenvalue weighted by Crippen LogP contribution is -2.00. The molecular formula is C16H12ClNO2. The summed E-state index contributed by atoms with van der Waals surface area (Å²) in [6, 6.07) is 14.7. The van der Waals surface area contributed by atoms with E-state index in [9.17, 15) is 9.90 Å². The molecule has 0 unspecified atom stereocenters. The maximum absolute atomic E-state index is 11.7. The summed E-state index contributed by atoms with van der Waals surface area (Å²) < 4.78 is 1.89. The number of carboxylic acid groups (broad SMARTS) is 1. The normalized spacial score (nSPS) is 10.9. The van der Waals surface area contributed by atoms with Crippen LogP contribution in [0.4, 0.5) is 0 Å². The van der Waals surface area contributed by atoms with Crippen LogP contribution in [0, 0.1) is 0 Å². The Morgan fingerprint density at radius 3 is 2.60 bits per heavy atom. The highest BCUT2D eigenvalue weighted by atomic mass is 35.5. The minimum Gasteiger partial charge on any atom is -0.478 e. The number of carbonyl (C=O) groups is 1. The van der Waals surface area contributed by atoms with Gasteiger partial charge in [-0.25, -0.2) is 4.79 Å². The molecule has 4 heteroatoms. The van der Waals surface area contributed by atoms with Crippen molar-refractivity contribution < 1.29 is 9.90 Å². The smallest absolute Gasteiger partial charge is 0.338 e. The van der Waals surface area contributed by atoms with E-state index in [-0.39, 0.29) is 0 Å². The van der Waals surface area contributed by atoms with E-state index in [0.717, 1.165) is 16.5 Å². The second-order valence-corrected chi connectivity index (χ2v) is 5.05. The molecule has 0 amide bonds. The number of hydrogen-bond acceptors (Lipinski definition) is 1. The minimum absolute atomic E-state index is 0.311. The molecule has 1 heterocycles. The van der Waals surface area contributed by atoms with E-state index in [0.29, 0.717) is 16.3 Å². The molecule has 20 heavy (non-hydrogen) atoms. The van der Waals surface area contributed by atoms with Crippen LogP contribution in [0.5, 0.6) is 0 Å². The molecule has 2 aromatic carbocycles. The van der Waals surface area contributed by atoms with Crippen molar-refractivity contribution in [3.63, 3.8) is 0 Å². The van der Waals surface area contributed by atoms with Crippen LogP contribution < -0.4 is 0 Å². The Hall–Kier alpha value is -2.26. The monoisotopic (exact) mass is 285 g/mol. The van der Waals surface area contributed by atoms with Gasteiger partial charge in [0.2, 0.25) is 0 Å². The molecule has 3 nitrogen and oxygen atoms in total. The molecule has 0 fully saturated rings. The van der Waals surface area contributed by atoms with Crippen molar-refractivity contribution in [3.8, 4) is 11.3 Å². The lowest BCUT2D eigenvalue weighted by atomic mass is 10.1. The van der Waals surface area contributed by atoms with Gasteiger partial charge in [-0.05, 0) is 18.2 Å². The van der Waals surface area contributed by atoms with Crippen molar-refractivity contribution in [2.24, 2.45) is 7.05 Å². The number of aromatic carboxylic acids is 1. The van der Waals surface area contributed by atoms with Crippen LogP contribution in [0.25, 0.3) is 22.2 Å². The van der Waals surface area contributed by atoms with Crippen LogP contribution in [0.15, 0.2) is 48.5 Å². The number of halogens is 1. The number of nitrogens with zero attached hydrogens (tertiary/aromatic N) is 1. The Kier molecular flexibility index (Phi) is 2.99. The molecule has 0 aliphatic carbocycles. The van der Waals surface area contributed by atoms with Crippen molar-refractivity contribution in [2.45, 2.75) is 0 Å². The number of hydrogen-bond donors (Lipinski definition) is 1. The van der Waals surface area contributed by atoms with Gasteiger partial charge in [-0.3, -0.25) is 0 Å². The second kappa shape index (κ2) is 4.69. The largest absolute Gasteiger partial charge is 0.478 e. The van der Waals surface area contributed by atoms with Gasteiger partial charge < -0.3 is 9.67 Å². The molecule has 0 bridgehead atoms. The van der Waals surface area contributed by atoms with Crippen LogP contribution in [-0.2, 0) is 7.05 Å². The number of para-hydroxylation sites is 1. The zero-order valence-electron chi connectivity index (χ0n) is 10.8. The summed E-state index contributed by atoms with van der Waals surface area (Å²) in [5.74, 6) is -0.934. The number of aromatic nitrogens is 1. The van der Waals surface area contributed by atoms with Gasteiger partial charge in [0.15, 0.2) is 0 Å². The average molecular weight is 286 g/mol. The summed E-state index contributed by atoms with van der Waals surface area (Å²) in [5, 5.41) is 10.9. The molecule has 0 aliphatic rings. The van der Waals surface area contributed by atoms with Crippen LogP contribution >= 0.6 is 11.6 Å². The van der Waals surface area contributed by atoms with Crippen molar-refractivity contribution in [3.05, 3.63) is 59.1 Å². The highest BCUT2D eigenvalue weighted by molar-refractivity contribution is 6.31. The molecule has 0 atom stereocenters. The van der Waals surface area contributed by atoms with Crippen molar-refractivity contribution in [2.75, 3.05) is 0 Å². The quantitative estimate of drug-likeness (QED) is 0.767. The third-order valence-electron chi connectivity index (χ3n) is 3.42. The first-order chi connectivity index (χ1) is 9.59. The number of aryl methyl sites for hydroxylation is 1. The zero-order valence-corrected chi connectivity index (χ0v) is 11.6. The summed E-state index contributed by atoms with van der Waals surface area (Å²) in [7, 11) is 1.87. The number of carboxylic acids is 1. The molecule has 3 rings (SSSR count).